The summed E-state index contributed by atoms with van der Waals surface area (Å²) in [5.41, 5.74) is 1.11. The van der Waals surface area contributed by atoms with Gasteiger partial charge in [-0.3, -0.25) is 0 Å². The Kier molecular flexibility index (Phi) is 4.42. The second-order valence-corrected chi connectivity index (χ2v) is 5.25. The van der Waals surface area contributed by atoms with E-state index in [-0.39, 0.29) is 0 Å². The fourth-order valence-electron chi connectivity index (χ4n) is 1.73. The minimum atomic E-state index is -0.603. The van der Waals surface area contributed by atoms with Crippen LogP contribution in [0.15, 0.2) is 36.4 Å². The molecular weight excluding hydrogens is 338 g/mol. The number of methoxy groups -OCH3 is 1. The summed E-state index contributed by atoms with van der Waals surface area (Å²) in [6.07, 6.45) is 0. The molecule has 1 unspecified atom stereocenters. The summed E-state index contributed by atoms with van der Waals surface area (Å²) in [6, 6.07) is 8.64. The van der Waals surface area contributed by atoms with E-state index in [0.29, 0.717) is 16.3 Å². The van der Waals surface area contributed by atoms with Crippen LogP contribution >= 0.6 is 27.5 Å². The van der Waals surface area contributed by atoms with Crippen molar-refractivity contribution >= 4 is 27.5 Å². The molecule has 0 aromatic heterocycles. The first-order chi connectivity index (χ1) is 9.02. The lowest BCUT2D eigenvalue weighted by Crippen LogP contribution is -1.98. The molecule has 0 amide bonds. The summed E-state index contributed by atoms with van der Waals surface area (Å²) in [6.45, 7) is 0. The zero-order chi connectivity index (χ0) is 14.0. The Morgan fingerprint density at radius 2 is 1.89 bits per heavy atom. The molecule has 0 radical (unpaired) electrons. The minimum absolute atomic E-state index is 0.350. The smallest absolute Gasteiger partial charge is 0.137 e. The van der Waals surface area contributed by atoms with Gasteiger partial charge in [-0.25, -0.2) is 8.78 Å². The minimum Gasteiger partial charge on any atom is -0.495 e. The predicted octanol–water partition coefficient (Wildman–Crippen LogP) is 5.11. The van der Waals surface area contributed by atoms with Gasteiger partial charge in [0.1, 0.15) is 17.4 Å². The number of ether oxygens (including phenoxy) is 1. The Hall–Kier alpha value is -1.13. The van der Waals surface area contributed by atoms with Crippen LogP contribution in [0.4, 0.5) is 8.78 Å². The molecule has 19 heavy (non-hydrogen) atoms. The van der Waals surface area contributed by atoms with Gasteiger partial charge in [-0.05, 0) is 23.8 Å². The van der Waals surface area contributed by atoms with E-state index in [1.807, 2.05) is 0 Å². The molecule has 0 saturated carbocycles. The molecule has 2 rings (SSSR count). The molecule has 0 aliphatic carbocycles. The summed E-state index contributed by atoms with van der Waals surface area (Å²) >= 11 is 9.41. The highest BCUT2D eigenvalue weighted by Crippen LogP contribution is 2.36. The molecular formula is C14H10BrClF2O. The molecule has 0 N–H and O–H groups in total. The van der Waals surface area contributed by atoms with Crippen LogP contribution in [-0.2, 0) is 0 Å². The Labute approximate surface area is 123 Å². The van der Waals surface area contributed by atoms with Gasteiger partial charge in [0.15, 0.2) is 0 Å². The van der Waals surface area contributed by atoms with Crippen molar-refractivity contribution in [3.63, 3.8) is 0 Å². The third-order valence-electron chi connectivity index (χ3n) is 2.70. The second-order valence-electron chi connectivity index (χ2n) is 3.92. The molecule has 0 spiro atoms. The van der Waals surface area contributed by atoms with Crippen LogP contribution < -0.4 is 4.74 Å². The summed E-state index contributed by atoms with van der Waals surface area (Å²) in [4.78, 5) is -0.406. The normalized spacial score (nSPS) is 12.3. The maximum absolute atomic E-state index is 13.7. The van der Waals surface area contributed by atoms with Gasteiger partial charge in [0.25, 0.3) is 0 Å². The van der Waals surface area contributed by atoms with E-state index in [4.69, 9.17) is 16.3 Å². The highest BCUT2D eigenvalue weighted by Gasteiger charge is 2.16. The molecule has 5 heteroatoms. The molecule has 0 heterocycles. The topological polar surface area (TPSA) is 9.23 Å². The van der Waals surface area contributed by atoms with Crippen LogP contribution in [0.25, 0.3) is 0 Å². The van der Waals surface area contributed by atoms with Crippen LogP contribution in [-0.4, -0.2) is 7.11 Å². The standard InChI is InChI=1S/C14H10BrClF2O/c1-19-13-5-2-8(6-11(13)16)14(15)10-4-3-9(17)7-12(10)18/h2-7,14H,1H3. The molecule has 0 aliphatic heterocycles. The molecule has 1 atom stereocenters. The van der Waals surface area contributed by atoms with Crippen molar-refractivity contribution in [2.24, 2.45) is 0 Å². The molecule has 0 aliphatic rings. The third-order valence-corrected chi connectivity index (χ3v) is 4.02. The predicted molar refractivity (Wildman–Crippen MR) is 75.1 cm³/mol. The van der Waals surface area contributed by atoms with Gasteiger partial charge >= 0.3 is 0 Å². The zero-order valence-corrected chi connectivity index (χ0v) is 12.3. The highest BCUT2D eigenvalue weighted by molar-refractivity contribution is 9.09. The van der Waals surface area contributed by atoms with E-state index in [1.54, 1.807) is 18.2 Å². The number of rotatable bonds is 3. The lowest BCUT2D eigenvalue weighted by molar-refractivity contribution is 0.415. The van der Waals surface area contributed by atoms with E-state index in [9.17, 15) is 8.78 Å². The molecule has 0 bridgehead atoms. The van der Waals surface area contributed by atoms with Crippen LogP contribution in [0.1, 0.15) is 16.0 Å². The number of hydrogen-bond donors (Lipinski definition) is 0. The Bertz CT molecular complexity index is 604. The maximum atomic E-state index is 13.7. The Balaban J connectivity index is 2.38. The molecule has 2 aromatic carbocycles. The van der Waals surface area contributed by atoms with Crippen molar-refractivity contribution in [1.29, 1.82) is 0 Å². The van der Waals surface area contributed by atoms with E-state index in [1.165, 1.54) is 19.2 Å². The lowest BCUT2D eigenvalue weighted by atomic mass is 10.0. The van der Waals surface area contributed by atoms with Crippen LogP contribution in [0.3, 0.4) is 0 Å². The first kappa shape index (κ1) is 14.3. The molecule has 100 valence electrons. The van der Waals surface area contributed by atoms with Gasteiger partial charge in [0.05, 0.1) is 17.0 Å². The average molecular weight is 348 g/mol. The van der Waals surface area contributed by atoms with Crippen molar-refractivity contribution in [3.05, 3.63) is 64.2 Å². The van der Waals surface area contributed by atoms with E-state index >= 15 is 0 Å². The first-order valence-corrected chi connectivity index (χ1v) is 6.74. The molecule has 2 aromatic rings. The number of alkyl halides is 1. The summed E-state index contributed by atoms with van der Waals surface area (Å²) in [5, 5.41) is 0.437. The van der Waals surface area contributed by atoms with E-state index < -0.39 is 16.5 Å². The van der Waals surface area contributed by atoms with Crippen LogP contribution in [0, 0.1) is 11.6 Å². The monoisotopic (exact) mass is 346 g/mol. The van der Waals surface area contributed by atoms with Crippen LogP contribution in [0.2, 0.25) is 5.02 Å². The van der Waals surface area contributed by atoms with Gasteiger partial charge in [-0.15, -0.1) is 0 Å². The Morgan fingerprint density at radius 1 is 1.16 bits per heavy atom. The Morgan fingerprint density at radius 3 is 2.47 bits per heavy atom. The van der Waals surface area contributed by atoms with Gasteiger partial charge in [-0.2, -0.15) is 0 Å². The second kappa shape index (κ2) is 5.88. The van der Waals surface area contributed by atoms with Gasteiger partial charge in [0.2, 0.25) is 0 Å². The molecule has 0 saturated heterocycles. The zero-order valence-electron chi connectivity index (χ0n) is 9.96. The summed E-state index contributed by atoms with van der Waals surface area (Å²) in [5.74, 6) is -0.660. The van der Waals surface area contributed by atoms with Gasteiger partial charge < -0.3 is 4.74 Å². The van der Waals surface area contributed by atoms with Crippen molar-refractivity contribution in [1.82, 2.24) is 0 Å². The quantitative estimate of drug-likeness (QED) is 0.701. The number of halogens is 4. The summed E-state index contributed by atoms with van der Waals surface area (Å²) < 4.78 is 31.6. The van der Waals surface area contributed by atoms with Crippen molar-refractivity contribution in [2.75, 3.05) is 7.11 Å². The average Bonchev–Trinajstić information content (AvgIpc) is 2.38. The SMILES string of the molecule is COc1ccc(C(Br)c2ccc(F)cc2F)cc1Cl. The molecule has 0 fully saturated rings. The van der Waals surface area contributed by atoms with Crippen LogP contribution in [0.5, 0.6) is 5.75 Å². The van der Waals surface area contributed by atoms with Gasteiger partial charge in [0, 0.05) is 11.6 Å². The third kappa shape index (κ3) is 3.07. The fraction of sp³-hybridized carbons (Fsp3) is 0.143. The number of benzene rings is 2. The largest absolute Gasteiger partial charge is 0.495 e. The number of hydrogen-bond acceptors (Lipinski definition) is 1. The maximum Gasteiger partial charge on any atom is 0.137 e. The van der Waals surface area contributed by atoms with Crippen molar-refractivity contribution in [3.8, 4) is 5.75 Å². The van der Waals surface area contributed by atoms with Crippen molar-refractivity contribution < 1.29 is 13.5 Å². The fourth-order valence-corrected chi connectivity index (χ4v) is 2.65. The van der Waals surface area contributed by atoms with Crippen molar-refractivity contribution in [2.45, 2.75) is 4.83 Å². The van der Waals surface area contributed by atoms with E-state index in [2.05, 4.69) is 15.9 Å². The highest BCUT2D eigenvalue weighted by atomic mass is 79.9. The molecule has 1 nitrogen and oxygen atoms in total. The lowest BCUT2D eigenvalue weighted by Gasteiger charge is -2.13. The first-order valence-electron chi connectivity index (χ1n) is 5.45. The van der Waals surface area contributed by atoms with E-state index in [0.717, 1.165) is 11.6 Å². The van der Waals surface area contributed by atoms with Gasteiger partial charge in [-0.1, -0.05) is 39.7 Å². The summed E-state index contributed by atoms with van der Waals surface area (Å²) in [7, 11) is 1.52.